The van der Waals surface area contributed by atoms with Crippen molar-refractivity contribution in [2.75, 3.05) is 11.1 Å². The van der Waals surface area contributed by atoms with Crippen LogP contribution in [0.3, 0.4) is 0 Å². The molecule has 0 saturated heterocycles. The second-order valence-electron chi connectivity index (χ2n) is 8.13. The van der Waals surface area contributed by atoms with Crippen LogP contribution >= 0.6 is 0 Å². The second kappa shape index (κ2) is 8.41. The highest BCUT2D eigenvalue weighted by Gasteiger charge is 2.35. The first-order valence-corrected chi connectivity index (χ1v) is 10.8. The molecule has 0 atom stereocenters. The van der Waals surface area contributed by atoms with E-state index < -0.39 is 5.78 Å². The number of aromatic nitrogens is 1. The number of hydrogen-bond acceptors (Lipinski definition) is 7. The molecule has 0 spiro atoms. The van der Waals surface area contributed by atoms with Crippen molar-refractivity contribution in [2.45, 2.75) is 6.92 Å². The van der Waals surface area contributed by atoms with Crippen molar-refractivity contribution < 1.29 is 20.0 Å². The maximum absolute atomic E-state index is 13.5. The number of nitrogens with one attached hydrogen (secondary N) is 1. The minimum atomic E-state index is -0.421. The van der Waals surface area contributed by atoms with Crippen LogP contribution < -0.4 is 16.4 Å². The molecule has 5 rings (SSSR count). The summed E-state index contributed by atoms with van der Waals surface area (Å²) in [7, 11) is 0. The Morgan fingerprint density at radius 1 is 0.943 bits per heavy atom. The molecule has 6 N–H and O–H groups in total. The van der Waals surface area contributed by atoms with Crippen molar-refractivity contribution in [3.8, 4) is 11.8 Å². The molecule has 8 nitrogen and oxygen atoms in total. The standard InChI is InChI=1S/C27H19N5O3/c1-14-18(13-28)26(29)32-27(30-15-7-3-2-4-8-15)23(14)31-19-11-5-9-16-21(19)24(34)17-10-6-12-20(33)22(17)25(16)35/h2-12,31,33H,1H3,(H3,29,30,32)/p+1. The van der Waals surface area contributed by atoms with Gasteiger partial charge < -0.3 is 16.2 Å². The number of para-hydroxylation sites is 1. The number of carbonyl (C=O) groups excluding carboxylic acids is 2. The van der Waals surface area contributed by atoms with Crippen LogP contribution in [0.25, 0.3) is 0 Å². The number of nitriles is 1. The van der Waals surface area contributed by atoms with Gasteiger partial charge in [0.15, 0.2) is 17.3 Å². The summed E-state index contributed by atoms with van der Waals surface area (Å²) in [5, 5.41) is 24.8. The number of anilines is 3. The maximum atomic E-state index is 13.5. The third-order valence-corrected chi connectivity index (χ3v) is 6.05. The summed E-state index contributed by atoms with van der Waals surface area (Å²) in [5.74, 6) is -0.513. The van der Waals surface area contributed by atoms with Gasteiger partial charge in [-0.3, -0.25) is 14.9 Å². The first kappa shape index (κ1) is 21.8. The van der Waals surface area contributed by atoms with Gasteiger partial charge in [-0.05, 0) is 31.2 Å². The fourth-order valence-electron chi connectivity index (χ4n) is 4.34. The number of phenols is 1. The Bertz CT molecular complexity index is 1570. The number of benzene rings is 3. The minimum Gasteiger partial charge on any atom is -0.507 e. The molecule has 1 aliphatic carbocycles. The van der Waals surface area contributed by atoms with Gasteiger partial charge in [0.1, 0.15) is 28.9 Å². The summed E-state index contributed by atoms with van der Waals surface area (Å²) in [4.78, 5) is 31.1. The molecule has 0 saturated carbocycles. The van der Waals surface area contributed by atoms with Gasteiger partial charge in [-0.15, -0.1) is 0 Å². The molecule has 1 aromatic heterocycles. The van der Waals surface area contributed by atoms with Gasteiger partial charge in [0, 0.05) is 28.4 Å². The van der Waals surface area contributed by atoms with Crippen LogP contribution in [0.4, 0.5) is 28.7 Å². The quantitative estimate of drug-likeness (QED) is 0.299. The Kier molecular flexibility index (Phi) is 5.24. The number of pyridine rings is 1. The molecule has 0 amide bonds. The summed E-state index contributed by atoms with van der Waals surface area (Å²) >= 11 is 0. The maximum Gasteiger partial charge on any atom is 0.200 e. The van der Waals surface area contributed by atoms with E-state index in [-0.39, 0.29) is 45.2 Å². The van der Waals surface area contributed by atoms with Crippen LogP contribution in [0, 0.1) is 18.3 Å². The lowest BCUT2D eigenvalue weighted by Crippen LogP contribution is -2.72. The fourth-order valence-corrected chi connectivity index (χ4v) is 4.34. The number of nitrogen functional groups attached to an aromatic ring is 1. The normalized spacial score (nSPS) is 12.0. The first-order valence-electron chi connectivity index (χ1n) is 10.8. The van der Waals surface area contributed by atoms with Gasteiger partial charge in [0.05, 0.1) is 11.1 Å². The fraction of sp³-hybridized carbons (Fsp3) is 0.0370. The summed E-state index contributed by atoms with van der Waals surface area (Å²) < 4.78 is 0. The van der Waals surface area contributed by atoms with Gasteiger partial charge in [0.25, 0.3) is 0 Å². The summed E-state index contributed by atoms with van der Waals surface area (Å²) in [6, 6.07) is 20.9. The molecule has 0 unspecified atom stereocenters. The van der Waals surface area contributed by atoms with E-state index in [4.69, 9.17) is 5.73 Å². The summed E-state index contributed by atoms with van der Waals surface area (Å²) in [5.41, 5.74) is 9.29. The smallest absolute Gasteiger partial charge is 0.200 e. The molecule has 0 radical (unpaired) electrons. The molecule has 3 aromatic carbocycles. The number of nitrogens with two attached hydrogens (primary N) is 2. The van der Waals surface area contributed by atoms with Crippen molar-refractivity contribution in [3.63, 3.8) is 0 Å². The largest absolute Gasteiger partial charge is 0.507 e. The number of carbonyl (C=O) groups is 2. The van der Waals surface area contributed by atoms with E-state index in [0.717, 1.165) is 5.69 Å². The third-order valence-electron chi connectivity index (χ3n) is 6.05. The highest BCUT2D eigenvalue weighted by Crippen LogP contribution is 2.36. The lowest BCUT2D eigenvalue weighted by molar-refractivity contribution is -0.478. The Labute approximate surface area is 200 Å². The number of aromatic hydroxyl groups is 1. The summed E-state index contributed by atoms with van der Waals surface area (Å²) in [6.45, 7) is 1.76. The van der Waals surface area contributed by atoms with Crippen LogP contribution in [-0.2, 0) is 0 Å². The van der Waals surface area contributed by atoms with E-state index in [0.29, 0.717) is 22.8 Å². The second-order valence-corrected chi connectivity index (χ2v) is 8.13. The zero-order valence-corrected chi connectivity index (χ0v) is 18.7. The molecule has 0 bridgehead atoms. The van der Waals surface area contributed by atoms with Crippen LogP contribution in [0.5, 0.6) is 5.75 Å². The van der Waals surface area contributed by atoms with Crippen molar-refractivity contribution in [1.82, 2.24) is 4.98 Å². The highest BCUT2D eigenvalue weighted by molar-refractivity contribution is 6.30. The molecule has 0 fully saturated rings. The zero-order valence-electron chi connectivity index (χ0n) is 18.7. The Hall–Kier alpha value is -5.00. The summed E-state index contributed by atoms with van der Waals surface area (Å²) in [6.07, 6.45) is 0. The average molecular weight is 462 g/mol. The average Bonchev–Trinajstić information content (AvgIpc) is 2.85. The van der Waals surface area contributed by atoms with Gasteiger partial charge in [-0.25, -0.2) is 4.98 Å². The predicted molar refractivity (Wildman–Crippen MR) is 130 cm³/mol. The molecular weight excluding hydrogens is 442 g/mol. The van der Waals surface area contributed by atoms with Crippen LogP contribution in [-0.4, -0.2) is 21.7 Å². The van der Waals surface area contributed by atoms with Gasteiger partial charge in [-0.2, -0.15) is 5.26 Å². The van der Waals surface area contributed by atoms with E-state index in [1.54, 1.807) is 30.4 Å². The molecule has 4 aromatic rings. The van der Waals surface area contributed by atoms with E-state index >= 15 is 0 Å². The molecule has 8 heteroatoms. The number of fused-ring (bicyclic) bond motifs is 2. The Morgan fingerprint density at radius 3 is 2.31 bits per heavy atom. The Balaban J connectivity index is 1.66. The monoisotopic (exact) mass is 462 g/mol. The molecule has 0 aliphatic heterocycles. The van der Waals surface area contributed by atoms with E-state index in [2.05, 4.69) is 16.4 Å². The number of quaternary nitrogens is 1. The molecule has 1 heterocycles. The Morgan fingerprint density at radius 2 is 1.60 bits per heavy atom. The van der Waals surface area contributed by atoms with Crippen LogP contribution in [0.1, 0.15) is 43.0 Å². The number of ketones is 2. The predicted octanol–water partition coefficient (Wildman–Crippen LogP) is 3.60. The van der Waals surface area contributed by atoms with Crippen molar-refractivity contribution >= 4 is 40.3 Å². The van der Waals surface area contributed by atoms with E-state index in [1.807, 2.05) is 30.3 Å². The number of nitrogens with zero attached hydrogens (tertiary/aromatic N) is 2. The first-order chi connectivity index (χ1) is 16.9. The van der Waals surface area contributed by atoms with E-state index in [9.17, 15) is 20.0 Å². The van der Waals surface area contributed by atoms with Crippen molar-refractivity contribution in [1.29, 1.82) is 5.26 Å². The third kappa shape index (κ3) is 3.57. The molecular formula is C27H20N5O3+. The minimum absolute atomic E-state index is 0.00526. The van der Waals surface area contributed by atoms with Crippen molar-refractivity contribution in [2.24, 2.45) is 0 Å². The molecule has 170 valence electrons. The molecule has 35 heavy (non-hydrogen) atoms. The topological polar surface area (TPSA) is 146 Å². The SMILES string of the molecule is Cc1c(C#N)c(N)nc(Nc2ccccc2)c1[NH2+]c1cccc2c1C(=O)c1cccc(O)c1C2=O. The molecule has 1 aliphatic rings. The number of hydrogen-bond donors (Lipinski definition) is 4. The van der Waals surface area contributed by atoms with Crippen molar-refractivity contribution in [3.05, 3.63) is 100 Å². The van der Waals surface area contributed by atoms with Crippen LogP contribution in [0.2, 0.25) is 0 Å². The number of rotatable bonds is 4. The van der Waals surface area contributed by atoms with Gasteiger partial charge >= 0.3 is 0 Å². The lowest BCUT2D eigenvalue weighted by atomic mass is 9.82. The van der Waals surface area contributed by atoms with Crippen LogP contribution in [0.15, 0.2) is 66.7 Å². The van der Waals surface area contributed by atoms with Gasteiger partial charge in [-0.1, -0.05) is 36.4 Å². The lowest BCUT2D eigenvalue weighted by Gasteiger charge is -2.20. The van der Waals surface area contributed by atoms with E-state index in [1.165, 1.54) is 18.2 Å². The number of phenolic OH excluding ortho intramolecular Hbond substituents is 1. The highest BCUT2D eigenvalue weighted by atomic mass is 16.3. The van der Waals surface area contributed by atoms with Gasteiger partial charge in [0.2, 0.25) is 5.78 Å². The zero-order chi connectivity index (χ0) is 24.7.